The van der Waals surface area contributed by atoms with Crippen LogP contribution >= 0.6 is 0 Å². The smallest absolute Gasteiger partial charge is 0.349 e. The molecule has 0 radical (unpaired) electrons. The Kier molecular flexibility index (Phi) is 6.56. The van der Waals surface area contributed by atoms with Crippen molar-refractivity contribution < 1.29 is 18.0 Å². The van der Waals surface area contributed by atoms with Crippen LogP contribution in [0.15, 0.2) is 54.7 Å². The van der Waals surface area contributed by atoms with E-state index >= 15 is 0 Å². The van der Waals surface area contributed by atoms with E-state index in [4.69, 9.17) is 0 Å². The minimum Gasteiger partial charge on any atom is -0.349 e. The fourth-order valence-corrected chi connectivity index (χ4v) is 4.30. The highest BCUT2D eigenvalue weighted by atomic mass is 19.4. The molecule has 33 heavy (non-hydrogen) atoms. The van der Waals surface area contributed by atoms with Crippen LogP contribution in [0.5, 0.6) is 0 Å². The maximum atomic E-state index is 13.9. The third kappa shape index (κ3) is 5.11. The van der Waals surface area contributed by atoms with Gasteiger partial charge in [0, 0.05) is 25.7 Å². The molecule has 2 aromatic carbocycles. The number of benzene rings is 2. The van der Waals surface area contributed by atoms with Gasteiger partial charge in [0.2, 0.25) is 0 Å². The van der Waals surface area contributed by atoms with Crippen molar-refractivity contribution in [1.82, 2.24) is 20.0 Å². The zero-order chi connectivity index (χ0) is 23.6. The second-order valence-electron chi connectivity index (χ2n) is 8.55. The second kappa shape index (κ2) is 9.39. The van der Waals surface area contributed by atoms with Crippen molar-refractivity contribution in [2.24, 2.45) is 0 Å². The lowest BCUT2D eigenvalue weighted by molar-refractivity contribution is -0.143. The summed E-state index contributed by atoms with van der Waals surface area (Å²) in [7, 11) is 0. The monoisotopic (exact) mass is 456 g/mol. The van der Waals surface area contributed by atoms with Crippen LogP contribution in [0.4, 0.5) is 13.2 Å². The average Bonchev–Trinajstić information content (AvgIpc) is 3.23. The van der Waals surface area contributed by atoms with Gasteiger partial charge in [-0.25, -0.2) is 4.68 Å². The summed E-state index contributed by atoms with van der Waals surface area (Å²) in [6, 6.07) is 14.7. The van der Waals surface area contributed by atoms with Gasteiger partial charge >= 0.3 is 6.18 Å². The fraction of sp³-hybridized carbons (Fsp3) is 0.360. The van der Waals surface area contributed by atoms with Crippen LogP contribution in [0.3, 0.4) is 0 Å². The van der Waals surface area contributed by atoms with Gasteiger partial charge in [-0.2, -0.15) is 18.3 Å². The molecule has 0 aliphatic carbocycles. The van der Waals surface area contributed by atoms with Crippen molar-refractivity contribution in [2.45, 2.75) is 45.5 Å². The molecule has 1 N–H and O–H groups in total. The van der Waals surface area contributed by atoms with E-state index in [2.05, 4.69) is 34.4 Å². The first-order valence-electron chi connectivity index (χ1n) is 11.0. The number of piperidine rings is 1. The number of carbonyl (C=O) groups excluding carboxylic acids is 1. The number of carbonyl (C=O) groups is 1. The van der Waals surface area contributed by atoms with Crippen LogP contribution in [-0.2, 0) is 12.7 Å². The predicted octanol–water partition coefficient (Wildman–Crippen LogP) is 4.90. The standard InChI is InChI=1S/C25H27F3N4O/c1-17-7-3-5-9-19(17)16-31-13-11-20(12-14-31)30-24(33)21-15-29-32(23(21)25(26,27)28)22-10-6-4-8-18(22)2/h3-10,15,20H,11-14,16H2,1-2H3,(H,30,33). The lowest BCUT2D eigenvalue weighted by Gasteiger charge is -2.32. The van der Waals surface area contributed by atoms with Crippen molar-refractivity contribution in [2.75, 3.05) is 13.1 Å². The van der Waals surface area contributed by atoms with E-state index in [0.29, 0.717) is 24.1 Å². The van der Waals surface area contributed by atoms with Crippen LogP contribution in [0, 0.1) is 13.8 Å². The Labute approximate surface area is 191 Å². The molecule has 1 aliphatic rings. The van der Waals surface area contributed by atoms with Crippen LogP contribution in [0.25, 0.3) is 5.69 Å². The highest BCUT2D eigenvalue weighted by Crippen LogP contribution is 2.34. The summed E-state index contributed by atoms with van der Waals surface area (Å²) < 4.78 is 42.6. The molecule has 174 valence electrons. The number of halogens is 3. The number of nitrogens with one attached hydrogen (secondary N) is 1. The largest absolute Gasteiger partial charge is 0.434 e. The van der Waals surface area contributed by atoms with Crippen molar-refractivity contribution in [3.8, 4) is 5.69 Å². The lowest BCUT2D eigenvalue weighted by Crippen LogP contribution is -2.44. The molecule has 0 spiro atoms. The molecule has 1 aliphatic heterocycles. The minimum atomic E-state index is -4.72. The second-order valence-corrected chi connectivity index (χ2v) is 8.55. The summed E-state index contributed by atoms with van der Waals surface area (Å²) >= 11 is 0. The van der Waals surface area contributed by atoms with Gasteiger partial charge in [-0.05, 0) is 49.4 Å². The third-order valence-corrected chi connectivity index (χ3v) is 6.20. The van der Waals surface area contributed by atoms with E-state index in [1.807, 2.05) is 12.1 Å². The van der Waals surface area contributed by atoms with Gasteiger partial charge in [0.05, 0.1) is 17.4 Å². The molecule has 1 saturated heterocycles. The van der Waals surface area contributed by atoms with Gasteiger partial charge in [0.1, 0.15) is 0 Å². The minimum absolute atomic E-state index is 0.173. The van der Waals surface area contributed by atoms with Crippen molar-refractivity contribution >= 4 is 5.91 Å². The molecule has 0 saturated carbocycles. The SMILES string of the molecule is Cc1ccccc1CN1CCC(NC(=O)c2cnn(-c3ccccc3C)c2C(F)(F)F)CC1. The van der Waals surface area contributed by atoms with Gasteiger partial charge in [-0.3, -0.25) is 9.69 Å². The van der Waals surface area contributed by atoms with Crippen LogP contribution in [0.1, 0.15) is 45.6 Å². The molecule has 1 amide bonds. The number of aromatic nitrogens is 2. The van der Waals surface area contributed by atoms with Gasteiger partial charge in [-0.15, -0.1) is 0 Å². The van der Waals surface area contributed by atoms with Gasteiger partial charge < -0.3 is 5.32 Å². The Morgan fingerprint density at radius 3 is 2.30 bits per heavy atom. The lowest BCUT2D eigenvalue weighted by atomic mass is 10.0. The van der Waals surface area contributed by atoms with E-state index in [-0.39, 0.29) is 6.04 Å². The normalized spacial score (nSPS) is 15.5. The van der Waals surface area contributed by atoms with Crippen molar-refractivity contribution in [3.63, 3.8) is 0 Å². The molecule has 2 heterocycles. The highest BCUT2D eigenvalue weighted by molar-refractivity contribution is 5.95. The Morgan fingerprint density at radius 2 is 1.67 bits per heavy atom. The molecule has 1 fully saturated rings. The van der Waals surface area contributed by atoms with Gasteiger partial charge in [0.15, 0.2) is 5.69 Å². The number of amides is 1. The molecule has 0 unspecified atom stereocenters. The molecule has 8 heteroatoms. The molecule has 3 aromatic rings. The Bertz CT molecular complexity index is 1130. The van der Waals surface area contributed by atoms with Crippen LogP contribution in [-0.4, -0.2) is 39.7 Å². The highest BCUT2D eigenvalue weighted by Gasteiger charge is 2.41. The van der Waals surface area contributed by atoms with E-state index < -0.39 is 23.3 Å². The fourth-order valence-electron chi connectivity index (χ4n) is 4.30. The Hall–Kier alpha value is -3.13. The molecule has 0 atom stereocenters. The maximum absolute atomic E-state index is 13.9. The quantitative estimate of drug-likeness (QED) is 0.594. The van der Waals surface area contributed by atoms with Crippen LogP contribution < -0.4 is 5.32 Å². The summed E-state index contributed by atoms with van der Waals surface area (Å²) in [5.41, 5.74) is 1.93. The number of nitrogens with zero attached hydrogens (tertiary/aromatic N) is 3. The Balaban J connectivity index is 1.45. The predicted molar refractivity (Wildman–Crippen MR) is 120 cm³/mol. The average molecular weight is 457 g/mol. The zero-order valence-electron chi connectivity index (χ0n) is 18.7. The molecule has 5 nitrogen and oxygen atoms in total. The molecular formula is C25H27F3N4O. The molecule has 1 aromatic heterocycles. The summed E-state index contributed by atoms with van der Waals surface area (Å²) in [5.74, 6) is -0.737. The summed E-state index contributed by atoms with van der Waals surface area (Å²) in [6.07, 6.45) is -2.34. The Morgan fingerprint density at radius 1 is 1.03 bits per heavy atom. The van der Waals surface area contributed by atoms with E-state index in [9.17, 15) is 18.0 Å². The van der Waals surface area contributed by atoms with Crippen molar-refractivity contribution in [3.05, 3.63) is 82.7 Å². The third-order valence-electron chi connectivity index (χ3n) is 6.20. The topological polar surface area (TPSA) is 50.2 Å². The first-order chi connectivity index (χ1) is 15.7. The van der Waals surface area contributed by atoms with Crippen LogP contribution in [0.2, 0.25) is 0 Å². The first kappa shape index (κ1) is 23.0. The number of hydrogen-bond donors (Lipinski definition) is 1. The zero-order valence-corrected chi connectivity index (χ0v) is 18.7. The maximum Gasteiger partial charge on any atom is 0.434 e. The number of alkyl halides is 3. The molecular weight excluding hydrogens is 429 g/mol. The van der Waals surface area contributed by atoms with Gasteiger partial charge in [0.25, 0.3) is 5.91 Å². The number of hydrogen-bond acceptors (Lipinski definition) is 3. The summed E-state index contributed by atoms with van der Waals surface area (Å²) in [5, 5.41) is 6.73. The number of aryl methyl sites for hydroxylation is 2. The number of para-hydroxylation sites is 1. The number of likely N-dealkylation sites (tertiary alicyclic amines) is 1. The molecule has 4 rings (SSSR count). The molecule has 0 bridgehead atoms. The van der Waals surface area contributed by atoms with E-state index in [0.717, 1.165) is 30.5 Å². The first-order valence-corrected chi connectivity index (χ1v) is 11.0. The van der Waals surface area contributed by atoms with E-state index in [1.54, 1.807) is 31.2 Å². The number of rotatable bonds is 5. The van der Waals surface area contributed by atoms with Crippen molar-refractivity contribution in [1.29, 1.82) is 0 Å². The van der Waals surface area contributed by atoms with Gasteiger partial charge in [-0.1, -0.05) is 42.5 Å². The summed E-state index contributed by atoms with van der Waals surface area (Å²) in [4.78, 5) is 15.2. The van der Waals surface area contributed by atoms with E-state index in [1.165, 1.54) is 11.1 Å². The summed E-state index contributed by atoms with van der Waals surface area (Å²) in [6.45, 7) is 6.16.